The summed E-state index contributed by atoms with van der Waals surface area (Å²) < 4.78 is 1.01. The van der Waals surface area contributed by atoms with E-state index in [0.717, 1.165) is 38.7 Å². The molecule has 1 aliphatic rings. The van der Waals surface area contributed by atoms with Gasteiger partial charge in [-0.15, -0.1) is 11.6 Å². The minimum atomic E-state index is -0.263. The van der Waals surface area contributed by atoms with Crippen molar-refractivity contribution < 1.29 is 4.79 Å². The average Bonchev–Trinajstić information content (AvgIpc) is 2.45. The molecular formula is C17H15BrClNO. The van der Waals surface area contributed by atoms with Crippen LogP contribution in [0.15, 0.2) is 40.9 Å². The van der Waals surface area contributed by atoms with E-state index in [1.807, 2.05) is 37.3 Å². The van der Waals surface area contributed by atoms with Crippen molar-refractivity contribution in [3.8, 4) is 0 Å². The molecule has 3 rings (SSSR count). The summed E-state index contributed by atoms with van der Waals surface area (Å²) in [4.78, 5) is 11.9. The molecule has 21 heavy (non-hydrogen) atoms. The Morgan fingerprint density at radius 1 is 1.19 bits per heavy atom. The number of halogens is 2. The van der Waals surface area contributed by atoms with E-state index >= 15 is 0 Å². The van der Waals surface area contributed by atoms with Gasteiger partial charge >= 0.3 is 0 Å². The van der Waals surface area contributed by atoms with Crippen LogP contribution in [0.5, 0.6) is 0 Å². The third-order valence-electron chi connectivity index (χ3n) is 3.71. The fraction of sp³-hybridized carbons (Fsp3) is 0.235. The third-order valence-corrected chi connectivity index (χ3v) is 4.67. The number of alkyl halides is 1. The Morgan fingerprint density at radius 2 is 2.00 bits per heavy atom. The van der Waals surface area contributed by atoms with Crippen LogP contribution in [0.2, 0.25) is 0 Å². The molecule has 0 spiro atoms. The van der Waals surface area contributed by atoms with Gasteiger partial charge in [-0.1, -0.05) is 34.1 Å². The van der Waals surface area contributed by atoms with E-state index in [4.69, 9.17) is 11.6 Å². The van der Waals surface area contributed by atoms with Gasteiger partial charge in [-0.3, -0.25) is 4.79 Å². The summed E-state index contributed by atoms with van der Waals surface area (Å²) in [6.07, 6.45) is 0.879. The molecule has 1 N–H and O–H groups in total. The lowest BCUT2D eigenvalue weighted by molar-refractivity contribution is 0.0946. The summed E-state index contributed by atoms with van der Waals surface area (Å²) in [6, 6.07) is 12.1. The van der Waals surface area contributed by atoms with Gasteiger partial charge in [0.25, 0.3) is 5.91 Å². The first kappa shape index (κ1) is 14.6. The molecule has 2 aromatic rings. The first-order chi connectivity index (χ1) is 10.0. The Balaban J connectivity index is 2.00. The average molecular weight is 365 g/mol. The summed E-state index contributed by atoms with van der Waals surface area (Å²) >= 11 is 10.1. The van der Waals surface area contributed by atoms with E-state index in [9.17, 15) is 4.79 Å². The zero-order valence-corrected chi connectivity index (χ0v) is 14.0. The zero-order valence-electron chi connectivity index (χ0n) is 11.6. The fourth-order valence-electron chi connectivity index (χ4n) is 2.69. The largest absolute Gasteiger partial charge is 0.352 e. The highest BCUT2D eigenvalue weighted by Gasteiger charge is 2.19. The molecule has 0 fully saturated rings. The summed E-state index contributed by atoms with van der Waals surface area (Å²) in [7, 11) is 0. The van der Waals surface area contributed by atoms with Crippen LogP contribution in [0.3, 0.4) is 0 Å². The Hall–Kier alpha value is -1.32. The van der Waals surface area contributed by atoms with E-state index in [1.54, 1.807) is 0 Å². The number of carbonyl (C=O) groups is 1. The Kier molecular flexibility index (Phi) is 4.05. The standard InChI is InChI=1S/C17H15BrClNO/c1-10-6-13(8-14(18)7-10)16(19)12-3-2-11-4-5-20-17(21)15(11)9-12/h2-3,6-9,16H,4-5H2,1H3,(H,20,21). The van der Waals surface area contributed by atoms with Gasteiger partial charge < -0.3 is 5.32 Å². The minimum Gasteiger partial charge on any atom is -0.352 e. The lowest BCUT2D eigenvalue weighted by Gasteiger charge is -2.19. The van der Waals surface area contributed by atoms with Crippen molar-refractivity contribution in [1.82, 2.24) is 5.32 Å². The van der Waals surface area contributed by atoms with Gasteiger partial charge in [-0.2, -0.15) is 0 Å². The molecule has 0 aromatic heterocycles. The van der Waals surface area contributed by atoms with Gasteiger partial charge in [0.15, 0.2) is 0 Å². The predicted molar refractivity (Wildman–Crippen MR) is 89.1 cm³/mol. The molecule has 108 valence electrons. The SMILES string of the molecule is Cc1cc(Br)cc(C(Cl)c2ccc3c(c2)C(=O)NCC3)c1. The second-order valence-electron chi connectivity index (χ2n) is 5.35. The molecule has 4 heteroatoms. The minimum absolute atomic E-state index is 0.00705. The van der Waals surface area contributed by atoms with Crippen LogP contribution in [0, 0.1) is 6.92 Å². The first-order valence-corrected chi connectivity index (χ1v) is 8.10. The first-order valence-electron chi connectivity index (χ1n) is 6.87. The van der Waals surface area contributed by atoms with Crippen molar-refractivity contribution in [1.29, 1.82) is 0 Å². The van der Waals surface area contributed by atoms with Crippen molar-refractivity contribution >= 4 is 33.4 Å². The molecule has 0 bridgehead atoms. The van der Waals surface area contributed by atoms with Crippen molar-refractivity contribution in [2.75, 3.05) is 6.54 Å². The van der Waals surface area contributed by atoms with Crippen LogP contribution in [0.4, 0.5) is 0 Å². The second-order valence-corrected chi connectivity index (χ2v) is 6.70. The van der Waals surface area contributed by atoms with Crippen LogP contribution >= 0.6 is 27.5 Å². The topological polar surface area (TPSA) is 29.1 Å². The van der Waals surface area contributed by atoms with Crippen molar-refractivity contribution in [2.24, 2.45) is 0 Å². The van der Waals surface area contributed by atoms with Crippen LogP contribution in [0.25, 0.3) is 0 Å². The van der Waals surface area contributed by atoms with Gasteiger partial charge in [0.05, 0.1) is 5.38 Å². The maximum atomic E-state index is 11.9. The molecular weight excluding hydrogens is 350 g/mol. The van der Waals surface area contributed by atoms with Crippen molar-refractivity contribution in [2.45, 2.75) is 18.7 Å². The van der Waals surface area contributed by atoms with E-state index in [2.05, 4.69) is 27.3 Å². The Labute approximate surface area is 137 Å². The molecule has 1 heterocycles. The molecule has 0 aliphatic carbocycles. The number of rotatable bonds is 2. The Morgan fingerprint density at radius 3 is 2.76 bits per heavy atom. The van der Waals surface area contributed by atoms with Crippen LogP contribution < -0.4 is 5.32 Å². The van der Waals surface area contributed by atoms with Gasteiger partial charge in [0.1, 0.15) is 0 Å². The molecule has 1 unspecified atom stereocenters. The summed E-state index contributed by atoms with van der Waals surface area (Å²) in [5.41, 5.74) is 4.97. The molecule has 0 saturated heterocycles. The number of carbonyl (C=O) groups excluding carboxylic acids is 1. The van der Waals surface area contributed by atoms with E-state index < -0.39 is 0 Å². The number of benzene rings is 2. The summed E-state index contributed by atoms with van der Waals surface area (Å²) in [6.45, 7) is 2.75. The number of amides is 1. The van der Waals surface area contributed by atoms with Gasteiger partial charge in [-0.05, 0) is 53.8 Å². The monoisotopic (exact) mass is 363 g/mol. The van der Waals surface area contributed by atoms with Crippen molar-refractivity contribution in [3.63, 3.8) is 0 Å². The zero-order chi connectivity index (χ0) is 15.0. The summed E-state index contributed by atoms with van der Waals surface area (Å²) in [5.74, 6) is -0.00705. The van der Waals surface area contributed by atoms with Crippen LogP contribution in [0.1, 0.15) is 38.0 Å². The number of fused-ring (bicyclic) bond motifs is 1. The van der Waals surface area contributed by atoms with E-state index in [0.29, 0.717) is 6.54 Å². The smallest absolute Gasteiger partial charge is 0.251 e. The molecule has 0 radical (unpaired) electrons. The maximum Gasteiger partial charge on any atom is 0.251 e. The van der Waals surface area contributed by atoms with Gasteiger partial charge in [-0.25, -0.2) is 0 Å². The molecule has 0 saturated carbocycles. The lowest BCUT2D eigenvalue weighted by Crippen LogP contribution is -2.31. The van der Waals surface area contributed by atoms with Crippen LogP contribution in [-0.2, 0) is 6.42 Å². The fourth-order valence-corrected chi connectivity index (χ4v) is 3.58. The van der Waals surface area contributed by atoms with Gasteiger partial charge in [0, 0.05) is 16.6 Å². The molecule has 1 aliphatic heterocycles. The van der Waals surface area contributed by atoms with Crippen molar-refractivity contribution in [3.05, 3.63) is 68.7 Å². The third kappa shape index (κ3) is 2.99. The normalized spacial score (nSPS) is 15.3. The van der Waals surface area contributed by atoms with E-state index in [1.165, 1.54) is 0 Å². The molecule has 2 aromatic carbocycles. The predicted octanol–water partition coefficient (Wildman–Crippen LogP) is 4.37. The highest BCUT2D eigenvalue weighted by atomic mass is 79.9. The van der Waals surface area contributed by atoms with E-state index in [-0.39, 0.29) is 11.3 Å². The number of hydrogen-bond acceptors (Lipinski definition) is 1. The number of hydrogen-bond donors (Lipinski definition) is 1. The quantitative estimate of drug-likeness (QED) is 0.788. The molecule has 1 atom stereocenters. The maximum absolute atomic E-state index is 11.9. The highest BCUT2D eigenvalue weighted by Crippen LogP contribution is 2.32. The molecule has 2 nitrogen and oxygen atoms in total. The lowest BCUT2D eigenvalue weighted by atomic mass is 9.94. The summed E-state index contributed by atoms with van der Waals surface area (Å²) in [5, 5.41) is 2.61. The Bertz CT molecular complexity index is 694. The highest BCUT2D eigenvalue weighted by molar-refractivity contribution is 9.10. The number of nitrogens with one attached hydrogen (secondary N) is 1. The van der Waals surface area contributed by atoms with Gasteiger partial charge in [0.2, 0.25) is 0 Å². The second kappa shape index (κ2) is 5.82. The number of aryl methyl sites for hydroxylation is 1. The molecule has 1 amide bonds. The van der Waals surface area contributed by atoms with Crippen LogP contribution in [-0.4, -0.2) is 12.5 Å².